The van der Waals surface area contributed by atoms with Crippen molar-refractivity contribution in [1.82, 2.24) is 4.98 Å². The molecule has 0 aliphatic rings. The van der Waals surface area contributed by atoms with Gasteiger partial charge >= 0.3 is 5.97 Å². The molecule has 0 atom stereocenters. The van der Waals surface area contributed by atoms with Gasteiger partial charge in [0.1, 0.15) is 18.2 Å². The molecule has 0 saturated heterocycles. The first-order valence-corrected chi connectivity index (χ1v) is 9.64. The van der Waals surface area contributed by atoms with Crippen LogP contribution in [0.1, 0.15) is 18.2 Å². The number of rotatable bonds is 7. The van der Waals surface area contributed by atoms with Gasteiger partial charge in [-0.2, -0.15) is 0 Å². The summed E-state index contributed by atoms with van der Waals surface area (Å²) in [4.78, 5) is 30.1. The van der Waals surface area contributed by atoms with Gasteiger partial charge in [-0.25, -0.2) is 9.37 Å². The Morgan fingerprint density at radius 3 is 2.55 bits per heavy atom. The molecule has 6 nitrogen and oxygen atoms in total. The molecule has 0 unspecified atom stereocenters. The highest BCUT2D eigenvalue weighted by molar-refractivity contribution is 7.14. The molecule has 1 amide bonds. The van der Waals surface area contributed by atoms with E-state index in [-0.39, 0.29) is 24.8 Å². The number of anilines is 2. The van der Waals surface area contributed by atoms with E-state index < -0.39 is 5.97 Å². The fourth-order valence-corrected chi connectivity index (χ4v) is 3.53. The molecule has 0 bridgehead atoms. The van der Waals surface area contributed by atoms with Crippen LogP contribution in [0.5, 0.6) is 5.75 Å². The smallest absolute Gasteiger partial charge is 0.310 e. The van der Waals surface area contributed by atoms with Crippen LogP contribution in [0.3, 0.4) is 0 Å². The van der Waals surface area contributed by atoms with Crippen molar-refractivity contribution in [2.45, 2.75) is 20.0 Å². The lowest BCUT2D eigenvalue weighted by Gasteiger charge is -2.20. The summed E-state index contributed by atoms with van der Waals surface area (Å²) in [5, 5.41) is 2.18. The predicted octanol–water partition coefficient (Wildman–Crippen LogP) is 4.26. The van der Waals surface area contributed by atoms with E-state index in [1.54, 1.807) is 23.6 Å². The van der Waals surface area contributed by atoms with Crippen molar-refractivity contribution in [3.05, 3.63) is 71.0 Å². The van der Waals surface area contributed by atoms with Crippen LogP contribution in [0.15, 0.2) is 53.9 Å². The minimum Gasteiger partial charge on any atom is -0.495 e. The number of aromatic nitrogens is 1. The molecular weight excluding hydrogens is 395 g/mol. The fourth-order valence-electron chi connectivity index (χ4n) is 2.66. The number of carbonyl (C=O) groups is 2. The lowest BCUT2D eigenvalue weighted by atomic mass is 10.1. The second-order valence-corrected chi connectivity index (χ2v) is 6.95. The second-order valence-electron chi connectivity index (χ2n) is 6.11. The van der Waals surface area contributed by atoms with Gasteiger partial charge in [-0.3, -0.25) is 14.5 Å². The third-order valence-corrected chi connectivity index (χ3v) is 4.89. The van der Waals surface area contributed by atoms with Gasteiger partial charge < -0.3 is 9.47 Å². The maximum atomic E-state index is 12.9. The van der Waals surface area contributed by atoms with Gasteiger partial charge in [0.25, 0.3) is 0 Å². The number of esters is 1. The van der Waals surface area contributed by atoms with Gasteiger partial charge in [0, 0.05) is 12.3 Å². The minimum absolute atomic E-state index is 0.0196. The molecule has 3 rings (SSSR count). The van der Waals surface area contributed by atoms with Gasteiger partial charge in [0.05, 0.1) is 24.9 Å². The number of para-hydroxylation sites is 2. The van der Waals surface area contributed by atoms with Crippen LogP contribution < -0.4 is 9.64 Å². The number of carbonyl (C=O) groups excluding carboxylic acids is 2. The van der Waals surface area contributed by atoms with Gasteiger partial charge in [0.15, 0.2) is 5.13 Å². The Hall–Kier alpha value is -3.26. The van der Waals surface area contributed by atoms with Crippen LogP contribution in [0, 0.1) is 5.82 Å². The molecule has 0 aliphatic carbocycles. The number of nitrogens with zero attached hydrogens (tertiary/aromatic N) is 2. The second kappa shape index (κ2) is 9.29. The highest BCUT2D eigenvalue weighted by Crippen LogP contribution is 2.35. The Morgan fingerprint density at radius 2 is 1.86 bits per heavy atom. The standard InChI is InChI=1S/C21H19FN2O4S/c1-14(25)24(18-5-3-4-6-19(18)27-2)21-23-17(13-29-21)12-28-20(26)11-15-7-9-16(22)10-8-15/h3-10,13H,11-12H2,1-2H3. The third-order valence-electron chi connectivity index (χ3n) is 4.01. The van der Waals surface area contributed by atoms with E-state index in [4.69, 9.17) is 9.47 Å². The summed E-state index contributed by atoms with van der Waals surface area (Å²) in [6.45, 7) is 1.42. The van der Waals surface area contributed by atoms with Crippen molar-refractivity contribution in [1.29, 1.82) is 0 Å². The average molecular weight is 414 g/mol. The van der Waals surface area contributed by atoms with Gasteiger partial charge in [-0.15, -0.1) is 11.3 Å². The zero-order valence-corrected chi connectivity index (χ0v) is 16.7. The van der Waals surface area contributed by atoms with Crippen molar-refractivity contribution in [2.24, 2.45) is 0 Å². The number of hydrogen-bond acceptors (Lipinski definition) is 6. The van der Waals surface area contributed by atoms with Crippen LogP contribution >= 0.6 is 11.3 Å². The maximum absolute atomic E-state index is 12.9. The summed E-state index contributed by atoms with van der Waals surface area (Å²) >= 11 is 1.26. The molecular formula is C21H19FN2O4S. The summed E-state index contributed by atoms with van der Waals surface area (Å²) in [5.41, 5.74) is 1.77. The van der Waals surface area contributed by atoms with Crippen LogP contribution in [-0.2, 0) is 27.4 Å². The molecule has 2 aromatic carbocycles. The largest absolute Gasteiger partial charge is 0.495 e. The van der Waals surface area contributed by atoms with E-state index in [1.165, 1.54) is 54.5 Å². The predicted molar refractivity (Wildman–Crippen MR) is 108 cm³/mol. The van der Waals surface area contributed by atoms with Gasteiger partial charge in [-0.1, -0.05) is 24.3 Å². The van der Waals surface area contributed by atoms with Crippen molar-refractivity contribution in [3.63, 3.8) is 0 Å². The summed E-state index contributed by atoms with van der Waals surface area (Å²) in [6, 6.07) is 12.8. The van der Waals surface area contributed by atoms with E-state index in [9.17, 15) is 14.0 Å². The summed E-state index contributed by atoms with van der Waals surface area (Å²) in [6.07, 6.45) is 0.0397. The van der Waals surface area contributed by atoms with Crippen molar-refractivity contribution in [2.75, 3.05) is 12.0 Å². The van der Waals surface area contributed by atoms with Gasteiger partial charge in [-0.05, 0) is 29.8 Å². The van der Waals surface area contributed by atoms with E-state index in [1.807, 2.05) is 6.07 Å². The van der Waals surface area contributed by atoms with Crippen LogP contribution in [-0.4, -0.2) is 24.0 Å². The zero-order valence-electron chi connectivity index (χ0n) is 15.9. The molecule has 29 heavy (non-hydrogen) atoms. The fraction of sp³-hybridized carbons (Fsp3) is 0.190. The lowest BCUT2D eigenvalue weighted by Crippen LogP contribution is -2.23. The number of hydrogen-bond donors (Lipinski definition) is 0. The molecule has 1 heterocycles. The quantitative estimate of drug-likeness (QED) is 0.541. The molecule has 0 aliphatic heterocycles. The van der Waals surface area contributed by atoms with E-state index in [0.29, 0.717) is 27.8 Å². The van der Waals surface area contributed by atoms with Crippen LogP contribution in [0.25, 0.3) is 0 Å². The van der Waals surface area contributed by atoms with E-state index in [0.717, 1.165) is 0 Å². The maximum Gasteiger partial charge on any atom is 0.310 e. The Balaban J connectivity index is 1.68. The number of benzene rings is 2. The molecule has 3 aromatic rings. The number of thiazole rings is 1. The average Bonchev–Trinajstić information content (AvgIpc) is 3.17. The summed E-state index contributed by atoms with van der Waals surface area (Å²) in [5.74, 6) is -0.476. The number of methoxy groups -OCH3 is 1. The molecule has 150 valence electrons. The Labute approximate surface area is 171 Å². The molecule has 0 N–H and O–H groups in total. The first-order valence-electron chi connectivity index (χ1n) is 8.76. The zero-order chi connectivity index (χ0) is 20.8. The first kappa shape index (κ1) is 20.5. The number of ether oxygens (including phenoxy) is 2. The molecule has 0 fully saturated rings. The SMILES string of the molecule is COc1ccccc1N(C(C)=O)c1nc(COC(=O)Cc2ccc(F)cc2)cs1. The Morgan fingerprint density at radius 1 is 1.14 bits per heavy atom. The number of amides is 1. The third kappa shape index (κ3) is 5.17. The van der Waals surface area contributed by atoms with E-state index >= 15 is 0 Å². The molecule has 0 radical (unpaired) electrons. The topological polar surface area (TPSA) is 68.7 Å². The van der Waals surface area contributed by atoms with Crippen molar-refractivity contribution in [3.8, 4) is 5.75 Å². The normalized spacial score (nSPS) is 10.4. The molecule has 8 heteroatoms. The Kier molecular flexibility index (Phi) is 6.56. The summed E-state index contributed by atoms with van der Waals surface area (Å²) < 4.78 is 23.5. The highest BCUT2D eigenvalue weighted by atomic mass is 32.1. The van der Waals surface area contributed by atoms with Crippen LogP contribution in [0.4, 0.5) is 15.2 Å². The lowest BCUT2D eigenvalue weighted by molar-refractivity contribution is -0.144. The monoisotopic (exact) mass is 414 g/mol. The minimum atomic E-state index is -0.445. The van der Waals surface area contributed by atoms with E-state index in [2.05, 4.69) is 4.98 Å². The molecule has 0 spiro atoms. The first-order chi connectivity index (χ1) is 14.0. The van der Waals surface area contributed by atoms with Crippen molar-refractivity contribution >= 4 is 34.0 Å². The highest BCUT2D eigenvalue weighted by Gasteiger charge is 2.21. The molecule has 1 aromatic heterocycles. The molecule has 0 saturated carbocycles. The van der Waals surface area contributed by atoms with Gasteiger partial charge in [0.2, 0.25) is 5.91 Å². The van der Waals surface area contributed by atoms with Crippen molar-refractivity contribution < 1.29 is 23.5 Å². The number of halogens is 1. The Bertz CT molecular complexity index is 1000. The van der Waals surface area contributed by atoms with Crippen LogP contribution in [0.2, 0.25) is 0 Å². The summed E-state index contributed by atoms with van der Waals surface area (Å²) in [7, 11) is 1.53.